The van der Waals surface area contributed by atoms with Crippen LogP contribution >= 0.6 is 22.9 Å². The fraction of sp³-hybridized carbons (Fsp3) is 0.231. The molecule has 1 amide bonds. The van der Waals surface area contributed by atoms with Crippen molar-refractivity contribution in [2.75, 3.05) is 26.0 Å². The highest BCUT2D eigenvalue weighted by Gasteiger charge is 2.26. The minimum atomic E-state index is -0.347. The van der Waals surface area contributed by atoms with E-state index in [1.165, 1.54) is 22.6 Å². The molecule has 11 heteroatoms. The fourth-order valence-electron chi connectivity index (χ4n) is 3.64. The first-order valence-electron chi connectivity index (χ1n) is 11.5. The van der Waals surface area contributed by atoms with Gasteiger partial charge >= 0.3 is 6.09 Å². The van der Waals surface area contributed by atoms with Crippen molar-refractivity contribution < 1.29 is 14.3 Å². The van der Waals surface area contributed by atoms with E-state index in [-0.39, 0.29) is 18.2 Å². The van der Waals surface area contributed by atoms with Gasteiger partial charge in [-0.1, -0.05) is 29.5 Å². The van der Waals surface area contributed by atoms with Crippen LogP contribution in [0.1, 0.15) is 11.3 Å². The van der Waals surface area contributed by atoms with Crippen molar-refractivity contribution in [3.05, 3.63) is 64.9 Å². The number of hydrogen-bond donors (Lipinski definition) is 2. The van der Waals surface area contributed by atoms with Crippen LogP contribution in [0.25, 0.3) is 10.2 Å². The minimum Gasteiger partial charge on any atom is -0.445 e. The Balaban J connectivity index is 1.27. The maximum atomic E-state index is 11.8. The largest absolute Gasteiger partial charge is 0.445 e. The molecule has 0 aliphatic carbocycles. The number of pyridine rings is 1. The van der Waals surface area contributed by atoms with E-state index in [1.54, 1.807) is 38.5 Å². The molecule has 1 aliphatic rings. The number of nitrogens with zero attached hydrogens (tertiary/aromatic N) is 4. The van der Waals surface area contributed by atoms with Gasteiger partial charge in [-0.2, -0.15) is 0 Å². The SMILES string of the molecule is CN(C)C(=O)O[C@@H]1CN[C@@H](C#Cc2cc3c(Nc4ccc(Oc5ccccn5)c(Cl)c4)ncnc3s2)C1. The smallest absolute Gasteiger partial charge is 0.409 e. The standard InChI is InChI=1S/C26H23ClN6O3S/c1-33(2)26(34)35-18-11-16(29-14-18)6-8-19-13-20-24(30-15-31-25(20)37-19)32-17-7-9-22(21(27)12-17)36-23-5-3-4-10-28-23/h3-5,7,9-10,12-13,15-16,18,29H,11,14H2,1-2H3,(H,30,31,32)/t16-,18-/m0/s1. The lowest BCUT2D eigenvalue weighted by Gasteiger charge is -2.15. The van der Waals surface area contributed by atoms with Gasteiger partial charge in [0, 0.05) is 45.0 Å². The van der Waals surface area contributed by atoms with Crippen LogP contribution in [-0.4, -0.2) is 58.7 Å². The third kappa shape index (κ3) is 6.09. The normalized spacial score (nSPS) is 16.6. The Morgan fingerprint density at radius 2 is 2.11 bits per heavy atom. The summed E-state index contributed by atoms with van der Waals surface area (Å²) in [5.74, 6) is 8.08. The van der Waals surface area contributed by atoms with E-state index in [0.717, 1.165) is 20.8 Å². The van der Waals surface area contributed by atoms with Crippen molar-refractivity contribution in [3.63, 3.8) is 0 Å². The lowest BCUT2D eigenvalue weighted by atomic mass is 10.2. The summed E-state index contributed by atoms with van der Waals surface area (Å²) in [6.07, 6.45) is 3.28. The average Bonchev–Trinajstić information content (AvgIpc) is 3.52. The zero-order valence-electron chi connectivity index (χ0n) is 20.1. The first-order valence-corrected chi connectivity index (χ1v) is 12.7. The summed E-state index contributed by atoms with van der Waals surface area (Å²) in [4.78, 5) is 27.8. The molecule has 4 heterocycles. The Morgan fingerprint density at radius 1 is 1.22 bits per heavy atom. The van der Waals surface area contributed by atoms with Crippen LogP contribution in [-0.2, 0) is 4.74 Å². The van der Waals surface area contributed by atoms with E-state index in [2.05, 4.69) is 37.4 Å². The molecule has 0 radical (unpaired) electrons. The zero-order valence-corrected chi connectivity index (χ0v) is 21.6. The first kappa shape index (κ1) is 24.8. The Kier molecular flexibility index (Phi) is 7.37. The number of aromatic nitrogens is 3. The van der Waals surface area contributed by atoms with Crippen LogP contribution in [0.15, 0.2) is 55.0 Å². The topological polar surface area (TPSA) is 102 Å². The molecule has 1 fully saturated rings. The summed E-state index contributed by atoms with van der Waals surface area (Å²) in [5.41, 5.74) is 0.755. The molecule has 2 N–H and O–H groups in total. The van der Waals surface area contributed by atoms with E-state index >= 15 is 0 Å². The zero-order chi connectivity index (χ0) is 25.8. The first-order chi connectivity index (χ1) is 17.9. The molecule has 0 unspecified atom stereocenters. The van der Waals surface area contributed by atoms with Crippen molar-refractivity contribution in [2.24, 2.45) is 0 Å². The summed E-state index contributed by atoms with van der Waals surface area (Å²) in [6.45, 7) is 0.582. The molecule has 0 saturated carbocycles. The number of rotatable bonds is 5. The number of anilines is 2. The summed E-state index contributed by atoms with van der Waals surface area (Å²) < 4.78 is 11.2. The van der Waals surface area contributed by atoms with Gasteiger partial charge in [0.05, 0.1) is 21.3 Å². The average molecular weight is 535 g/mol. The second-order valence-corrected chi connectivity index (χ2v) is 9.90. The highest BCUT2D eigenvalue weighted by molar-refractivity contribution is 7.19. The third-order valence-electron chi connectivity index (χ3n) is 5.47. The summed E-state index contributed by atoms with van der Waals surface area (Å²) >= 11 is 7.94. The van der Waals surface area contributed by atoms with Gasteiger partial charge < -0.3 is 19.7 Å². The maximum Gasteiger partial charge on any atom is 0.409 e. The van der Waals surface area contributed by atoms with E-state index < -0.39 is 0 Å². The highest BCUT2D eigenvalue weighted by Crippen LogP contribution is 2.34. The molecular formula is C26H23ClN6O3S. The Bertz CT molecular complexity index is 1480. The van der Waals surface area contributed by atoms with Crippen molar-refractivity contribution in [3.8, 4) is 23.5 Å². The van der Waals surface area contributed by atoms with E-state index in [0.29, 0.717) is 35.4 Å². The van der Waals surface area contributed by atoms with Gasteiger partial charge in [0.1, 0.15) is 28.8 Å². The second-order valence-electron chi connectivity index (χ2n) is 8.46. The molecule has 0 bridgehead atoms. The van der Waals surface area contributed by atoms with Crippen molar-refractivity contribution >= 4 is 50.8 Å². The molecule has 9 nitrogen and oxygen atoms in total. The number of fused-ring (bicyclic) bond motifs is 1. The van der Waals surface area contributed by atoms with Crippen LogP contribution < -0.4 is 15.4 Å². The maximum absolute atomic E-state index is 11.8. The van der Waals surface area contributed by atoms with Crippen molar-refractivity contribution in [2.45, 2.75) is 18.6 Å². The van der Waals surface area contributed by atoms with Gasteiger partial charge in [0.2, 0.25) is 5.88 Å². The molecule has 37 heavy (non-hydrogen) atoms. The molecule has 188 valence electrons. The molecule has 4 aromatic rings. The molecule has 0 spiro atoms. The van der Waals surface area contributed by atoms with Gasteiger partial charge in [-0.05, 0) is 30.3 Å². The third-order valence-corrected chi connectivity index (χ3v) is 6.72. The quantitative estimate of drug-likeness (QED) is 0.343. The molecule has 1 saturated heterocycles. The number of carbonyl (C=O) groups excluding carboxylic acids is 1. The number of benzene rings is 1. The summed E-state index contributed by atoms with van der Waals surface area (Å²) in [5, 5.41) is 7.90. The molecule has 2 atom stereocenters. The number of hydrogen-bond acceptors (Lipinski definition) is 9. The summed E-state index contributed by atoms with van der Waals surface area (Å²) in [6, 6.07) is 12.7. The van der Waals surface area contributed by atoms with Crippen LogP contribution in [0.2, 0.25) is 5.02 Å². The Morgan fingerprint density at radius 3 is 2.89 bits per heavy atom. The predicted molar refractivity (Wildman–Crippen MR) is 144 cm³/mol. The Hall–Kier alpha value is -3.91. The lowest BCUT2D eigenvalue weighted by molar-refractivity contribution is 0.0826. The van der Waals surface area contributed by atoms with Gasteiger partial charge in [0.15, 0.2) is 0 Å². The van der Waals surface area contributed by atoms with E-state index in [9.17, 15) is 4.79 Å². The fourth-order valence-corrected chi connectivity index (χ4v) is 4.72. The van der Waals surface area contributed by atoms with Crippen molar-refractivity contribution in [1.29, 1.82) is 0 Å². The van der Waals surface area contributed by atoms with E-state index in [1.807, 2.05) is 24.3 Å². The predicted octanol–water partition coefficient (Wildman–Crippen LogP) is 5.06. The van der Waals surface area contributed by atoms with Crippen LogP contribution in [0.3, 0.4) is 0 Å². The number of amides is 1. The van der Waals surface area contributed by atoms with Gasteiger partial charge in [0.25, 0.3) is 0 Å². The van der Waals surface area contributed by atoms with Gasteiger partial charge in [-0.3, -0.25) is 5.32 Å². The van der Waals surface area contributed by atoms with Gasteiger partial charge in [-0.25, -0.2) is 19.7 Å². The molecule has 5 rings (SSSR count). The lowest BCUT2D eigenvalue weighted by Crippen LogP contribution is -2.29. The summed E-state index contributed by atoms with van der Waals surface area (Å²) in [7, 11) is 3.33. The van der Waals surface area contributed by atoms with Gasteiger partial charge in [-0.15, -0.1) is 11.3 Å². The monoisotopic (exact) mass is 534 g/mol. The van der Waals surface area contributed by atoms with Crippen molar-refractivity contribution in [1.82, 2.24) is 25.2 Å². The van der Waals surface area contributed by atoms with E-state index in [4.69, 9.17) is 21.1 Å². The van der Waals surface area contributed by atoms with Crippen LogP contribution in [0.5, 0.6) is 11.6 Å². The van der Waals surface area contributed by atoms with Crippen LogP contribution in [0, 0.1) is 11.8 Å². The molecule has 1 aromatic carbocycles. The highest BCUT2D eigenvalue weighted by atomic mass is 35.5. The number of thiophene rings is 1. The second kappa shape index (κ2) is 11.0. The number of nitrogens with one attached hydrogen (secondary N) is 2. The number of ether oxygens (including phenoxy) is 2. The Labute approximate surface area is 222 Å². The van der Waals surface area contributed by atoms with Crippen LogP contribution in [0.4, 0.5) is 16.3 Å². The number of halogens is 1. The molecule has 1 aliphatic heterocycles. The number of carbonyl (C=O) groups is 1. The molecule has 3 aromatic heterocycles. The molecular weight excluding hydrogens is 512 g/mol. The minimum absolute atomic E-state index is 0.0529.